The molecule has 3 aromatic rings. The van der Waals surface area contributed by atoms with Crippen LogP contribution in [0.3, 0.4) is 0 Å². The van der Waals surface area contributed by atoms with E-state index in [1.807, 2.05) is 30.3 Å². The van der Waals surface area contributed by atoms with Crippen LogP contribution in [-0.2, 0) is 0 Å². The minimum absolute atomic E-state index is 0.197. The predicted octanol–water partition coefficient (Wildman–Crippen LogP) is 4.89. The van der Waals surface area contributed by atoms with Gasteiger partial charge in [0, 0.05) is 49.0 Å². The fraction of sp³-hybridized carbons (Fsp3) is 0.227. The number of benzene rings is 2. The van der Waals surface area contributed by atoms with Crippen LogP contribution in [0.5, 0.6) is 5.75 Å². The zero-order chi connectivity index (χ0) is 22.5. The van der Waals surface area contributed by atoms with Gasteiger partial charge in [-0.25, -0.2) is 14.8 Å². The lowest BCUT2D eigenvalue weighted by Crippen LogP contribution is -2.50. The summed E-state index contributed by atoms with van der Waals surface area (Å²) < 4.78 is 5.26. The largest absolute Gasteiger partial charge is 0.497 e. The molecule has 0 atom stereocenters. The Morgan fingerprint density at radius 3 is 2.59 bits per heavy atom. The summed E-state index contributed by atoms with van der Waals surface area (Å²) in [4.78, 5) is 25.2. The van der Waals surface area contributed by atoms with Gasteiger partial charge in [0.05, 0.1) is 17.8 Å². The third kappa shape index (κ3) is 5.33. The molecule has 0 spiro atoms. The van der Waals surface area contributed by atoms with E-state index in [1.165, 1.54) is 6.33 Å². The van der Waals surface area contributed by atoms with Crippen molar-refractivity contribution in [2.45, 2.75) is 0 Å². The van der Waals surface area contributed by atoms with Crippen molar-refractivity contribution in [2.75, 3.05) is 48.8 Å². The van der Waals surface area contributed by atoms with E-state index in [1.54, 1.807) is 30.2 Å². The SMILES string of the molecule is COc1cccc(Nc2cc(N3CCN(C(=O)Nc4ccc(Cl)cc4Cl)CC3)ncn2)c1. The number of aromatic nitrogens is 2. The van der Waals surface area contributed by atoms with Crippen LogP contribution in [0.25, 0.3) is 0 Å². The molecular formula is C22H22Cl2N6O2. The van der Waals surface area contributed by atoms with Crippen molar-refractivity contribution in [1.29, 1.82) is 0 Å². The standard InChI is InChI=1S/C22H22Cl2N6O2/c1-32-17-4-2-3-16(12-17)27-20-13-21(26-14-25-20)29-7-9-30(10-8-29)22(31)28-19-6-5-15(23)11-18(19)24/h2-6,11-14H,7-10H2,1H3,(H,28,31)(H,25,26,27). The van der Waals surface area contributed by atoms with Crippen molar-refractivity contribution >= 4 is 52.2 Å². The van der Waals surface area contributed by atoms with Gasteiger partial charge in [0.25, 0.3) is 0 Å². The van der Waals surface area contributed by atoms with Crippen molar-refractivity contribution in [2.24, 2.45) is 0 Å². The number of urea groups is 1. The van der Waals surface area contributed by atoms with E-state index in [-0.39, 0.29) is 6.03 Å². The fourth-order valence-electron chi connectivity index (χ4n) is 3.36. The van der Waals surface area contributed by atoms with Crippen molar-refractivity contribution in [1.82, 2.24) is 14.9 Å². The molecule has 166 valence electrons. The van der Waals surface area contributed by atoms with E-state index in [9.17, 15) is 4.79 Å². The number of hydrogen-bond acceptors (Lipinski definition) is 6. The lowest BCUT2D eigenvalue weighted by atomic mass is 10.3. The maximum Gasteiger partial charge on any atom is 0.322 e. The average molecular weight is 473 g/mol. The maximum atomic E-state index is 12.6. The van der Waals surface area contributed by atoms with Crippen LogP contribution in [0.4, 0.5) is 27.8 Å². The molecule has 8 nitrogen and oxygen atoms in total. The number of rotatable bonds is 5. The second-order valence-electron chi connectivity index (χ2n) is 7.15. The zero-order valence-electron chi connectivity index (χ0n) is 17.4. The molecular weight excluding hydrogens is 451 g/mol. The summed E-state index contributed by atoms with van der Waals surface area (Å²) in [5.41, 5.74) is 1.41. The van der Waals surface area contributed by atoms with Gasteiger partial charge in [-0.3, -0.25) is 0 Å². The lowest BCUT2D eigenvalue weighted by Gasteiger charge is -2.35. The summed E-state index contributed by atoms with van der Waals surface area (Å²) in [6.07, 6.45) is 1.53. The number of piperazine rings is 1. The number of halogens is 2. The molecule has 0 radical (unpaired) electrons. The van der Waals surface area contributed by atoms with Crippen LogP contribution in [0, 0.1) is 0 Å². The Kier molecular flexibility index (Phi) is 6.82. The van der Waals surface area contributed by atoms with E-state index >= 15 is 0 Å². The van der Waals surface area contributed by atoms with Gasteiger partial charge in [0.1, 0.15) is 23.7 Å². The van der Waals surface area contributed by atoms with Gasteiger partial charge >= 0.3 is 6.03 Å². The Morgan fingerprint density at radius 1 is 1.03 bits per heavy atom. The first-order valence-electron chi connectivity index (χ1n) is 10.0. The number of anilines is 4. The third-order valence-electron chi connectivity index (χ3n) is 5.06. The Balaban J connectivity index is 1.35. The third-order valence-corrected chi connectivity index (χ3v) is 5.61. The van der Waals surface area contributed by atoms with Crippen molar-refractivity contribution in [3.63, 3.8) is 0 Å². The van der Waals surface area contributed by atoms with Gasteiger partial charge in [-0.2, -0.15) is 0 Å². The van der Waals surface area contributed by atoms with Gasteiger partial charge in [0.15, 0.2) is 0 Å². The van der Waals surface area contributed by atoms with Gasteiger partial charge < -0.3 is 25.2 Å². The Hall–Kier alpha value is -3.23. The normalized spacial score (nSPS) is 13.6. The predicted molar refractivity (Wildman–Crippen MR) is 128 cm³/mol. The number of methoxy groups -OCH3 is 1. The van der Waals surface area contributed by atoms with E-state index in [0.29, 0.717) is 47.7 Å². The maximum absolute atomic E-state index is 12.6. The van der Waals surface area contributed by atoms with Gasteiger partial charge in [-0.05, 0) is 30.3 Å². The molecule has 10 heteroatoms. The molecule has 2 amide bonds. The fourth-order valence-corrected chi connectivity index (χ4v) is 3.82. The first kappa shape index (κ1) is 22.0. The summed E-state index contributed by atoms with van der Waals surface area (Å²) >= 11 is 12.1. The number of carbonyl (C=O) groups is 1. The number of hydrogen-bond donors (Lipinski definition) is 2. The minimum atomic E-state index is -0.197. The second-order valence-corrected chi connectivity index (χ2v) is 7.99. The number of carbonyl (C=O) groups excluding carboxylic acids is 1. The first-order chi connectivity index (χ1) is 15.5. The summed E-state index contributed by atoms with van der Waals surface area (Å²) in [6.45, 7) is 2.41. The molecule has 1 aromatic heterocycles. The Bertz CT molecular complexity index is 1110. The molecule has 1 saturated heterocycles. The number of amides is 2. The average Bonchev–Trinajstić information content (AvgIpc) is 2.81. The quantitative estimate of drug-likeness (QED) is 0.549. The topological polar surface area (TPSA) is 82.6 Å². The highest BCUT2D eigenvalue weighted by Crippen LogP contribution is 2.26. The van der Waals surface area contributed by atoms with Gasteiger partial charge in [-0.15, -0.1) is 0 Å². The monoisotopic (exact) mass is 472 g/mol. The lowest BCUT2D eigenvalue weighted by molar-refractivity contribution is 0.208. The molecule has 2 aromatic carbocycles. The van der Waals surface area contributed by atoms with Crippen LogP contribution in [0.1, 0.15) is 0 Å². The van der Waals surface area contributed by atoms with E-state index in [2.05, 4.69) is 25.5 Å². The molecule has 1 fully saturated rings. The van der Waals surface area contributed by atoms with Crippen LogP contribution in [0.15, 0.2) is 54.9 Å². The highest BCUT2D eigenvalue weighted by atomic mass is 35.5. The van der Waals surface area contributed by atoms with Crippen molar-refractivity contribution in [3.8, 4) is 5.75 Å². The summed E-state index contributed by atoms with van der Waals surface area (Å²) in [6, 6.07) is 14.3. The molecule has 32 heavy (non-hydrogen) atoms. The summed E-state index contributed by atoms with van der Waals surface area (Å²) in [7, 11) is 1.63. The van der Waals surface area contributed by atoms with E-state index in [0.717, 1.165) is 17.3 Å². The highest BCUT2D eigenvalue weighted by molar-refractivity contribution is 6.36. The molecule has 0 bridgehead atoms. The second kappa shape index (κ2) is 9.93. The van der Waals surface area contributed by atoms with Gasteiger partial charge in [-0.1, -0.05) is 29.3 Å². The molecule has 0 saturated carbocycles. The molecule has 2 N–H and O–H groups in total. The number of nitrogens with one attached hydrogen (secondary N) is 2. The van der Waals surface area contributed by atoms with Gasteiger partial charge in [0.2, 0.25) is 0 Å². The first-order valence-corrected chi connectivity index (χ1v) is 10.8. The van der Waals surface area contributed by atoms with Crippen LogP contribution in [0.2, 0.25) is 10.0 Å². The van der Waals surface area contributed by atoms with Crippen LogP contribution < -0.4 is 20.3 Å². The molecule has 0 unspecified atom stereocenters. The van der Waals surface area contributed by atoms with Crippen molar-refractivity contribution < 1.29 is 9.53 Å². The van der Waals surface area contributed by atoms with Crippen LogP contribution >= 0.6 is 23.2 Å². The molecule has 2 heterocycles. The molecule has 1 aliphatic heterocycles. The van der Waals surface area contributed by atoms with Crippen LogP contribution in [-0.4, -0.2) is 54.2 Å². The Morgan fingerprint density at radius 2 is 1.84 bits per heavy atom. The Labute approximate surface area is 196 Å². The van der Waals surface area contributed by atoms with Crippen molar-refractivity contribution in [3.05, 3.63) is 64.9 Å². The molecule has 1 aliphatic rings. The molecule has 0 aliphatic carbocycles. The number of ether oxygens (including phenoxy) is 1. The summed E-state index contributed by atoms with van der Waals surface area (Å²) in [5, 5.41) is 7.03. The zero-order valence-corrected chi connectivity index (χ0v) is 18.9. The molecule has 4 rings (SSSR count). The minimum Gasteiger partial charge on any atom is -0.497 e. The smallest absolute Gasteiger partial charge is 0.322 e. The highest BCUT2D eigenvalue weighted by Gasteiger charge is 2.22. The van der Waals surface area contributed by atoms with E-state index < -0.39 is 0 Å². The van der Waals surface area contributed by atoms with E-state index in [4.69, 9.17) is 27.9 Å². The summed E-state index contributed by atoms with van der Waals surface area (Å²) in [5.74, 6) is 2.24. The number of nitrogens with zero attached hydrogens (tertiary/aromatic N) is 4.